The van der Waals surface area contributed by atoms with E-state index in [9.17, 15) is 9.59 Å². The lowest BCUT2D eigenvalue weighted by Crippen LogP contribution is -2.25. The molecule has 10 heteroatoms. The number of tetrazole rings is 1. The fourth-order valence-electron chi connectivity index (χ4n) is 2.68. The summed E-state index contributed by atoms with van der Waals surface area (Å²) < 4.78 is 6.93. The monoisotopic (exact) mass is 370 g/mol. The van der Waals surface area contributed by atoms with E-state index in [1.165, 1.54) is 6.33 Å². The van der Waals surface area contributed by atoms with Crippen LogP contribution < -0.4 is 15.4 Å². The SMILES string of the molecule is O=C(C[C@@H](c1ccsc1)n1cnnn1)Nc1ccc2c(c1)OCC(=O)N2. The van der Waals surface area contributed by atoms with E-state index in [4.69, 9.17) is 4.74 Å². The Balaban J connectivity index is 1.48. The average molecular weight is 370 g/mol. The van der Waals surface area contributed by atoms with Crippen molar-refractivity contribution in [3.8, 4) is 5.75 Å². The zero-order valence-electron chi connectivity index (χ0n) is 13.5. The van der Waals surface area contributed by atoms with Crippen LogP contribution in [0, 0.1) is 0 Å². The van der Waals surface area contributed by atoms with E-state index in [1.54, 1.807) is 34.2 Å². The van der Waals surface area contributed by atoms with Crippen LogP contribution in [-0.4, -0.2) is 38.6 Å². The highest BCUT2D eigenvalue weighted by Crippen LogP contribution is 2.31. The van der Waals surface area contributed by atoms with Gasteiger partial charge in [-0.25, -0.2) is 4.68 Å². The summed E-state index contributed by atoms with van der Waals surface area (Å²) in [6.45, 7) is -0.0378. The third-order valence-electron chi connectivity index (χ3n) is 3.89. The van der Waals surface area contributed by atoms with Crippen molar-refractivity contribution in [2.75, 3.05) is 17.2 Å². The first kappa shape index (κ1) is 16.2. The van der Waals surface area contributed by atoms with E-state index in [0.717, 1.165) is 5.56 Å². The minimum Gasteiger partial charge on any atom is -0.482 e. The molecule has 0 bridgehead atoms. The van der Waals surface area contributed by atoms with Gasteiger partial charge in [0.05, 0.1) is 18.2 Å². The second kappa shape index (κ2) is 6.92. The molecule has 2 aromatic heterocycles. The minimum atomic E-state index is -0.288. The summed E-state index contributed by atoms with van der Waals surface area (Å²) in [5.74, 6) is 0.142. The number of carbonyl (C=O) groups is 2. The van der Waals surface area contributed by atoms with E-state index in [0.29, 0.717) is 17.1 Å². The van der Waals surface area contributed by atoms with Crippen LogP contribution in [0.1, 0.15) is 18.0 Å². The fourth-order valence-corrected chi connectivity index (χ4v) is 3.39. The molecule has 132 valence electrons. The van der Waals surface area contributed by atoms with Crippen molar-refractivity contribution >= 4 is 34.5 Å². The number of anilines is 2. The van der Waals surface area contributed by atoms with Crippen molar-refractivity contribution in [2.24, 2.45) is 0 Å². The van der Waals surface area contributed by atoms with Gasteiger partial charge in [-0.2, -0.15) is 11.3 Å². The van der Waals surface area contributed by atoms with E-state index in [1.807, 2.05) is 16.8 Å². The number of aromatic nitrogens is 4. The van der Waals surface area contributed by atoms with Crippen molar-refractivity contribution in [1.29, 1.82) is 0 Å². The summed E-state index contributed by atoms with van der Waals surface area (Å²) in [5.41, 5.74) is 2.14. The molecule has 0 aliphatic carbocycles. The van der Waals surface area contributed by atoms with Crippen molar-refractivity contribution in [1.82, 2.24) is 20.2 Å². The highest BCUT2D eigenvalue weighted by Gasteiger charge is 2.21. The Morgan fingerprint density at radius 2 is 2.35 bits per heavy atom. The van der Waals surface area contributed by atoms with Gasteiger partial charge in [0.2, 0.25) is 5.91 Å². The topological polar surface area (TPSA) is 111 Å². The summed E-state index contributed by atoms with van der Waals surface area (Å²) in [6.07, 6.45) is 1.67. The van der Waals surface area contributed by atoms with Gasteiger partial charge in [0.25, 0.3) is 5.91 Å². The van der Waals surface area contributed by atoms with Crippen LogP contribution in [0.3, 0.4) is 0 Å². The number of rotatable bonds is 5. The number of carbonyl (C=O) groups excluding carboxylic acids is 2. The van der Waals surface area contributed by atoms with Crippen LogP contribution in [0.25, 0.3) is 0 Å². The zero-order chi connectivity index (χ0) is 17.9. The highest BCUT2D eigenvalue weighted by atomic mass is 32.1. The molecule has 1 aliphatic heterocycles. The smallest absolute Gasteiger partial charge is 0.262 e. The number of amides is 2. The van der Waals surface area contributed by atoms with Crippen LogP contribution in [0.4, 0.5) is 11.4 Å². The maximum atomic E-state index is 12.5. The molecular weight excluding hydrogens is 356 g/mol. The van der Waals surface area contributed by atoms with E-state index >= 15 is 0 Å². The van der Waals surface area contributed by atoms with Crippen molar-refractivity contribution in [2.45, 2.75) is 12.5 Å². The zero-order valence-corrected chi connectivity index (χ0v) is 14.3. The summed E-state index contributed by atoms with van der Waals surface area (Å²) in [6, 6.07) is 6.75. The number of hydrogen-bond donors (Lipinski definition) is 2. The number of fused-ring (bicyclic) bond motifs is 1. The number of hydrogen-bond acceptors (Lipinski definition) is 7. The Kier molecular flexibility index (Phi) is 4.32. The number of benzene rings is 1. The summed E-state index contributed by atoms with van der Waals surface area (Å²) >= 11 is 1.55. The Bertz CT molecular complexity index is 891. The van der Waals surface area contributed by atoms with Gasteiger partial charge in [-0.3, -0.25) is 9.59 Å². The number of ether oxygens (including phenoxy) is 1. The quantitative estimate of drug-likeness (QED) is 0.707. The molecule has 1 aliphatic rings. The highest BCUT2D eigenvalue weighted by molar-refractivity contribution is 7.08. The predicted molar refractivity (Wildman–Crippen MR) is 94.1 cm³/mol. The molecule has 0 spiro atoms. The molecule has 0 radical (unpaired) electrons. The van der Waals surface area contributed by atoms with Gasteiger partial charge >= 0.3 is 0 Å². The molecule has 3 heterocycles. The lowest BCUT2D eigenvalue weighted by atomic mass is 10.1. The molecule has 1 aromatic carbocycles. The van der Waals surface area contributed by atoms with Crippen molar-refractivity contribution in [3.05, 3.63) is 46.9 Å². The van der Waals surface area contributed by atoms with Crippen molar-refractivity contribution < 1.29 is 14.3 Å². The third kappa shape index (κ3) is 3.40. The Morgan fingerprint density at radius 1 is 1.42 bits per heavy atom. The first-order valence-corrected chi connectivity index (χ1v) is 8.74. The molecule has 3 aromatic rings. The van der Waals surface area contributed by atoms with Crippen LogP contribution in [0.2, 0.25) is 0 Å². The van der Waals surface area contributed by atoms with Gasteiger partial charge in [-0.15, -0.1) is 5.10 Å². The first-order chi connectivity index (χ1) is 12.7. The van der Waals surface area contributed by atoms with Crippen LogP contribution >= 0.6 is 11.3 Å². The lowest BCUT2D eigenvalue weighted by molar-refractivity contribution is -0.119. The molecule has 2 N–H and O–H groups in total. The number of nitrogens with zero attached hydrogens (tertiary/aromatic N) is 4. The Labute approximate surface area is 152 Å². The van der Waals surface area contributed by atoms with Crippen LogP contribution in [-0.2, 0) is 9.59 Å². The lowest BCUT2D eigenvalue weighted by Gasteiger charge is -2.19. The van der Waals surface area contributed by atoms with Gasteiger partial charge in [0.15, 0.2) is 6.61 Å². The second-order valence-electron chi connectivity index (χ2n) is 5.66. The summed E-state index contributed by atoms with van der Waals surface area (Å²) in [5, 5.41) is 20.7. The molecule has 4 rings (SSSR count). The molecule has 0 unspecified atom stereocenters. The molecule has 0 saturated carbocycles. The molecule has 2 amide bonds. The van der Waals surface area contributed by atoms with Gasteiger partial charge in [0.1, 0.15) is 12.1 Å². The molecular formula is C16H14N6O3S. The summed E-state index contributed by atoms with van der Waals surface area (Å²) in [4.78, 5) is 23.8. The fraction of sp³-hybridized carbons (Fsp3) is 0.188. The Hall–Kier alpha value is -3.27. The standard InChI is InChI=1S/C16H14N6O3S/c23-15(6-13(10-3-4-26-8-10)22-9-17-20-21-22)18-11-1-2-12-14(5-11)25-7-16(24)19-12/h1-5,8-9,13H,6-7H2,(H,18,23)(H,19,24)/t13-/m0/s1. The van der Waals surface area contributed by atoms with Crippen LogP contribution in [0.5, 0.6) is 5.75 Å². The molecule has 0 saturated heterocycles. The molecule has 1 atom stereocenters. The Morgan fingerprint density at radius 3 is 3.12 bits per heavy atom. The maximum Gasteiger partial charge on any atom is 0.262 e. The molecule has 0 fully saturated rings. The van der Waals surface area contributed by atoms with Gasteiger partial charge < -0.3 is 15.4 Å². The van der Waals surface area contributed by atoms with Gasteiger partial charge in [0, 0.05) is 11.8 Å². The summed E-state index contributed by atoms with van der Waals surface area (Å²) in [7, 11) is 0. The van der Waals surface area contributed by atoms with E-state index in [2.05, 4.69) is 26.2 Å². The predicted octanol–water partition coefficient (Wildman–Crippen LogP) is 1.68. The van der Waals surface area contributed by atoms with Crippen LogP contribution in [0.15, 0.2) is 41.4 Å². The molecule has 9 nitrogen and oxygen atoms in total. The maximum absolute atomic E-state index is 12.5. The second-order valence-corrected chi connectivity index (χ2v) is 6.44. The minimum absolute atomic E-state index is 0.0378. The third-order valence-corrected chi connectivity index (χ3v) is 4.59. The normalized spacial score (nSPS) is 14.1. The van der Waals surface area contributed by atoms with E-state index in [-0.39, 0.29) is 30.9 Å². The first-order valence-electron chi connectivity index (χ1n) is 7.80. The van der Waals surface area contributed by atoms with Crippen molar-refractivity contribution in [3.63, 3.8) is 0 Å². The molecule has 26 heavy (non-hydrogen) atoms. The van der Waals surface area contributed by atoms with Gasteiger partial charge in [-0.1, -0.05) is 0 Å². The number of nitrogens with one attached hydrogen (secondary N) is 2. The average Bonchev–Trinajstić information content (AvgIpc) is 3.34. The van der Waals surface area contributed by atoms with E-state index < -0.39 is 0 Å². The largest absolute Gasteiger partial charge is 0.482 e. The number of thiophene rings is 1. The van der Waals surface area contributed by atoms with Gasteiger partial charge in [-0.05, 0) is 44.9 Å².